The van der Waals surface area contributed by atoms with E-state index in [1.54, 1.807) is 61.5 Å². The lowest BCUT2D eigenvalue weighted by Crippen LogP contribution is -2.42. The Morgan fingerprint density at radius 3 is 2.45 bits per heavy atom. The number of benzene rings is 3. The topological polar surface area (TPSA) is 98.1 Å². The van der Waals surface area contributed by atoms with E-state index in [2.05, 4.69) is 0 Å². The SMILES string of the molecule is CCOc1cc(/C=C2/C(=O)N(Cc3ccc4c(c3)OCO4)C(=O)C(C#N)=C2C)ccc1OCc1ccc(Cl)cc1. The van der Waals surface area contributed by atoms with Crippen molar-refractivity contribution < 1.29 is 28.5 Å². The first kappa shape index (κ1) is 26.9. The van der Waals surface area contributed by atoms with Crippen LogP contribution in [0.1, 0.15) is 30.5 Å². The van der Waals surface area contributed by atoms with Crippen molar-refractivity contribution in [3.05, 3.63) is 99.1 Å². The molecule has 0 N–H and O–H groups in total. The molecule has 0 saturated carbocycles. The van der Waals surface area contributed by atoms with Crippen molar-refractivity contribution in [3.8, 4) is 29.1 Å². The maximum atomic E-state index is 13.6. The normalized spacial score (nSPS) is 15.4. The van der Waals surface area contributed by atoms with Gasteiger partial charge in [-0.15, -0.1) is 0 Å². The molecule has 202 valence electrons. The van der Waals surface area contributed by atoms with Gasteiger partial charge in [0.1, 0.15) is 18.2 Å². The number of halogens is 1. The lowest BCUT2D eigenvalue weighted by Gasteiger charge is -2.27. The van der Waals surface area contributed by atoms with Gasteiger partial charge in [-0.3, -0.25) is 14.5 Å². The van der Waals surface area contributed by atoms with E-state index in [1.165, 1.54) is 0 Å². The van der Waals surface area contributed by atoms with Gasteiger partial charge >= 0.3 is 0 Å². The van der Waals surface area contributed by atoms with Crippen molar-refractivity contribution in [1.29, 1.82) is 5.26 Å². The largest absolute Gasteiger partial charge is 0.490 e. The first-order valence-electron chi connectivity index (χ1n) is 12.6. The predicted molar refractivity (Wildman–Crippen MR) is 148 cm³/mol. The van der Waals surface area contributed by atoms with E-state index in [9.17, 15) is 14.9 Å². The van der Waals surface area contributed by atoms with Crippen LogP contribution in [0.15, 0.2) is 77.4 Å². The molecule has 0 unspecified atom stereocenters. The van der Waals surface area contributed by atoms with E-state index in [0.717, 1.165) is 10.5 Å². The predicted octanol–water partition coefficient (Wildman–Crippen LogP) is 5.84. The standard InChI is InChI=1S/C31H25ClN2O6/c1-3-37-28-13-21(6-10-26(28)38-17-20-4-8-23(32)9-5-20)12-24-19(2)25(15-33)31(36)34(30(24)35)16-22-7-11-27-29(14-22)40-18-39-27/h4-14H,3,16-18H2,1-2H3/b24-12+. The Balaban J connectivity index is 1.43. The number of ether oxygens (including phenoxy) is 4. The van der Waals surface area contributed by atoms with Crippen molar-refractivity contribution in [2.75, 3.05) is 13.4 Å². The van der Waals surface area contributed by atoms with E-state index in [-0.39, 0.29) is 24.5 Å². The highest BCUT2D eigenvalue weighted by molar-refractivity contribution is 6.30. The molecule has 5 rings (SSSR count). The zero-order valence-electron chi connectivity index (χ0n) is 21.9. The molecule has 3 aromatic rings. The Morgan fingerprint density at radius 1 is 0.950 bits per heavy atom. The molecular weight excluding hydrogens is 532 g/mol. The van der Waals surface area contributed by atoms with Crippen LogP contribution in [0.5, 0.6) is 23.0 Å². The third kappa shape index (κ3) is 5.51. The molecule has 8 nitrogen and oxygen atoms in total. The summed E-state index contributed by atoms with van der Waals surface area (Å²) in [6, 6.07) is 19.9. The number of hydrogen-bond donors (Lipinski definition) is 0. The Labute approximate surface area is 236 Å². The van der Waals surface area contributed by atoms with Crippen LogP contribution in [0.25, 0.3) is 6.08 Å². The van der Waals surface area contributed by atoms with Crippen LogP contribution in [0.2, 0.25) is 5.02 Å². The van der Waals surface area contributed by atoms with Gasteiger partial charge in [0.25, 0.3) is 11.8 Å². The number of nitrogens with zero attached hydrogens (tertiary/aromatic N) is 2. The highest BCUT2D eigenvalue weighted by Crippen LogP contribution is 2.35. The lowest BCUT2D eigenvalue weighted by atomic mass is 9.93. The smallest absolute Gasteiger partial charge is 0.271 e. The third-order valence-electron chi connectivity index (χ3n) is 6.49. The quantitative estimate of drug-likeness (QED) is 0.254. The van der Waals surface area contributed by atoms with Crippen LogP contribution in [0.3, 0.4) is 0 Å². The third-order valence-corrected chi connectivity index (χ3v) is 6.74. The number of nitriles is 1. The molecule has 2 aliphatic rings. The Morgan fingerprint density at radius 2 is 1.70 bits per heavy atom. The van der Waals surface area contributed by atoms with Crippen molar-refractivity contribution >= 4 is 29.5 Å². The number of imide groups is 1. The van der Waals surface area contributed by atoms with Gasteiger partial charge in [0.2, 0.25) is 6.79 Å². The summed E-state index contributed by atoms with van der Waals surface area (Å²) in [6.45, 7) is 4.29. The molecule has 0 fully saturated rings. The Bertz CT molecular complexity index is 1590. The minimum absolute atomic E-state index is 0.0220. The van der Waals surface area contributed by atoms with Gasteiger partial charge in [0.15, 0.2) is 23.0 Å². The molecule has 2 amide bonds. The second kappa shape index (κ2) is 11.6. The first-order valence-corrected chi connectivity index (χ1v) is 13.0. The average Bonchev–Trinajstić information content (AvgIpc) is 3.42. The summed E-state index contributed by atoms with van der Waals surface area (Å²) >= 11 is 5.97. The summed E-state index contributed by atoms with van der Waals surface area (Å²) in [4.78, 5) is 27.8. The van der Waals surface area contributed by atoms with Crippen molar-refractivity contribution in [1.82, 2.24) is 4.90 Å². The van der Waals surface area contributed by atoms with Crippen molar-refractivity contribution in [2.24, 2.45) is 0 Å². The number of carbonyl (C=O) groups is 2. The van der Waals surface area contributed by atoms with Crippen LogP contribution in [-0.2, 0) is 22.7 Å². The van der Waals surface area contributed by atoms with Crippen LogP contribution >= 0.6 is 11.6 Å². The number of carbonyl (C=O) groups excluding carboxylic acids is 2. The van der Waals surface area contributed by atoms with Crippen molar-refractivity contribution in [2.45, 2.75) is 27.0 Å². The number of rotatable bonds is 8. The Kier molecular flexibility index (Phi) is 7.76. The molecule has 0 saturated heterocycles. The number of fused-ring (bicyclic) bond motifs is 1. The molecule has 0 atom stereocenters. The minimum Gasteiger partial charge on any atom is -0.490 e. The van der Waals surface area contributed by atoms with E-state index >= 15 is 0 Å². The fraction of sp³-hybridized carbons (Fsp3) is 0.194. The molecule has 0 aromatic heterocycles. The molecule has 2 aliphatic heterocycles. The van der Waals surface area contributed by atoms with Gasteiger partial charge in [0.05, 0.1) is 13.2 Å². The summed E-state index contributed by atoms with van der Waals surface area (Å²) in [5, 5.41) is 10.4. The molecule has 3 aromatic carbocycles. The van der Waals surface area contributed by atoms with Gasteiger partial charge in [-0.25, -0.2) is 0 Å². The second-order valence-corrected chi connectivity index (χ2v) is 9.54. The first-order chi connectivity index (χ1) is 19.4. The maximum Gasteiger partial charge on any atom is 0.271 e. The molecule has 0 spiro atoms. The lowest BCUT2D eigenvalue weighted by molar-refractivity contribution is -0.141. The van der Waals surface area contributed by atoms with E-state index in [1.807, 2.05) is 25.1 Å². The number of hydrogen-bond acceptors (Lipinski definition) is 7. The minimum atomic E-state index is -0.638. The fourth-order valence-corrected chi connectivity index (χ4v) is 4.53. The zero-order chi connectivity index (χ0) is 28.2. The summed E-state index contributed by atoms with van der Waals surface area (Å²) in [5.74, 6) is 1.04. The van der Waals surface area contributed by atoms with Crippen LogP contribution in [-0.4, -0.2) is 30.1 Å². The summed E-state index contributed by atoms with van der Waals surface area (Å²) < 4.78 is 22.6. The Hall–Kier alpha value is -4.74. The van der Waals surface area contributed by atoms with Crippen LogP contribution in [0.4, 0.5) is 0 Å². The van der Waals surface area contributed by atoms with Gasteiger partial charge in [-0.2, -0.15) is 5.26 Å². The summed E-state index contributed by atoms with van der Waals surface area (Å²) in [6.07, 6.45) is 1.65. The van der Waals surface area contributed by atoms with E-state index in [4.69, 9.17) is 30.5 Å². The molecule has 9 heteroatoms. The van der Waals surface area contributed by atoms with Crippen LogP contribution in [0, 0.1) is 11.3 Å². The van der Waals surface area contributed by atoms with Crippen molar-refractivity contribution in [3.63, 3.8) is 0 Å². The number of amides is 2. The molecule has 0 aliphatic carbocycles. The average molecular weight is 557 g/mol. The maximum absolute atomic E-state index is 13.6. The van der Waals surface area contributed by atoms with Gasteiger partial charge < -0.3 is 18.9 Å². The molecule has 2 heterocycles. The molecule has 0 bridgehead atoms. The van der Waals surface area contributed by atoms with Crippen LogP contribution < -0.4 is 18.9 Å². The monoisotopic (exact) mass is 556 g/mol. The second-order valence-electron chi connectivity index (χ2n) is 9.11. The van der Waals surface area contributed by atoms with Gasteiger partial charge in [-0.1, -0.05) is 35.9 Å². The highest BCUT2D eigenvalue weighted by atomic mass is 35.5. The summed E-state index contributed by atoms with van der Waals surface area (Å²) in [7, 11) is 0. The highest BCUT2D eigenvalue weighted by Gasteiger charge is 2.35. The molecule has 0 radical (unpaired) electrons. The summed E-state index contributed by atoms with van der Waals surface area (Å²) in [5.41, 5.74) is 2.75. The van der Waals surface area contributed by atoms with Gasteiger partial charge in [0, 0.05) is 10.6 Å². The van der Waals surface area contributed by atoms with E-state index < -0.39 is 11.8 Å². The van der Waals surface area contributed by atoms with Gasteiger partial charge in [-0.05, 0) is 78.6 Å². The molecular formula is C31H25ClN2O6. The fourth-order valence-electron chi connectivity index (χ4n) is 4.41. The van der Waals surface area contributed by atoms with E-state index in [0.29, 0.717) is 57.9 Å². The zero-order valence-corrected chi connectivity index (χ0v) is 22.7. The molecule has 40 heavy (non-hydrogen) atoms.